The number of benzene rings is 1. The molecule has 0 atom stereocenters. The lowest BCUT2D eigenvalue weighted by atomic mass is 10.2. The van der Waals surface area contributed by atoms with Crippen LogP contribution in [0.15, 0.2) is 12.1 Å². The highest BCUT2D eigenvalue weighted by Crippen LogP contribution is 2.22. The minimum absolute atomic E-state index is 0. The minimum Gasteiger partial charge on any atom is -0.486 e. The second-order valence-corrected chi connectivity index (χ2v) is 2.52. The Bertz CT molecular complexity index is 356. The van der Waals surface area contributed by atoms with Gasteiger partial charge in [0.25, 0.3) is 0 Å². The van der Waals surface area contributed by atoms with Crippen molar-refractivity contribution in [1.82, 2.24) is 0 Å². The summed E-state index contributed by atoms with van der Waals surface area (Å²) in [7, 11) is 0. The van der Waals surface area contributed by atoms with Crippen LogP contribution in [-0.4, -0.2) is 13.2 Å². The van der Waals surface area contributed by atoms with Gasteiger partial charge in [0.15, 0.2) is 17.4 Å². The summed E-state index contributed by atoms with van der Waals surface area (Å²) in [5, 5.41) is 8.41. The van der Waals surface area contributed by atoms with Gasteiger partial charge in [-0.1, -0.05) is 0 Å². The van der Waals surface area contributed by atoms with Gasteiger partial charge in [-0.05, 0) is 12.1 Å². The minimum atomic E-state index is -0.894. The van der Waals surface area contributed by atoms with Gasteiger partial charge in [-0.3, -0.25) is 0 Å². The Labute approximate surface area is 91.9 Å². The molecular formula is C9H9ClF2N2O. The zero-order chi connectivity index (χ0) is 10.6. The number of nitrogens with zero attached hydrogens (tertiary/aromatic N) is 1. The molecule has 0 aromatic heterocycles. The third kappa shape index (κ3) is 3.35. The molecule has 1 aromatic carbocycles. The molecule has 1 aromatic rings. The maximum Gasteiger partial charge on any atom is 0.190 e. The number of rotatable bonds is 3. The number of nitrogens with two attached hydrogens (primary N) is 1. The Morgan fingerprint density at radius 2 is 1.87 bits per heavy atom. The summed E-state index contributed by atoms with van der Waals surface area (Å²) in [6.07, 6.45) is 0. The van der Waals surface area contributed by atoms with E-state index in [1.54, 1.807) is 6.07 Å². The Hall–Kier alpha value is -1.38. The second kappa shape index (κ2) is 6.17. The van der Waals surface area contributed by atoms with Crippen molar-refractivity contribution in [3.05, 3.63) is 29.3 Å². The number of ether oxygens (including phenoxy) is 1. The lowest BCUT2D eigenvalue weighted by Gasteiger charge is -2.06. The third-order valence-electron chi connectivity index (χ3n) is 1.49. The standard InChI is InChI=1S/C9H8F2N2O.ClH/c10-7-3-6(5-13)4-8(11)9(7)14-2-1-12;/h3-4H,1-2,12H2;1H. The van der Waals surface area contributed by atoms with Crippen LogP contribution in [0.3, 0.4) is 0 Å². The summed E-state index contributed by atoms with van der Waals surface area (Å²) in [6, 6.07) is 3.45. The number of nitriles is 1. The maximum atomic E-state index is 13.1. The van der Waals surface area contributed by atoms with Crippen molar-refractivity contribution in [2.24, 2.45) is 5.73 Å². The molecule has 0 amide bonds. The molecular weight excluding hydrogens is 226 g/mol. The van der Waals surface area contributed by atoms with Gasteiger partial charge in [-0.2, -0.15) is 5.26 Å². The average molecular weight is 235 g/mol. The van der Waals surface area contributed by atoms with E-state index < -0.39 is 17.4 Å². The second-order valence-electron chi connectivity index (χ2n) is 2.52. The normalized spacial score (nSPS) is 8.93. The molecule has 6 heteroatoms. The van der Waals surface area contributed by atoms with Crippen molar-refractivity contribution < 1.29 is 13.5 Å². The predicted molar refractivity (Wildman–Crippen MR) is 52.9 cm³/mol. The van der Waals surface area contributed by atoms with Crippen LogP contribution in [0.5, 0.6) is 5.75 Å². The first-order valence-electron chi connectivity index (χ1n) is 3.91. The van der Waals surface area contributed by atoms with Gasteiger partial charge in [-0.25, -0.2) is 8.78 Å². The highest BCUT2D eigenvalue weighted by atomic mass is 35.5. The van der Waals surface area contributed by atoms with Crippen LogP contribution in [0, 0.1) is 23.0 Å². The Balaban J connectivity index is 0.00000196. The lowest BCUT2D eigenvalue weighted by Crippen LogP contribution is -2.12. The zero-order valence-electron chi connectivity index (χ0n) is 7.67. The van der Waals surface area contributed by atoms with E-state index in [9.17, 15) is 8.78 Å². The summed E-state index contributed by atoms with van der Waals surface area (Å²) >= 11 is 0. The van der Waals surface area contributed by atoms with Gasteiger partial charge in [0.2, 0.25) is 0 Å². The average Bonchev–Trinajstić information content (AvgIpc) is 2.16. The van der Waals surface area contributed by atoms with E-state index in [-0.39, 0.29) is 31.1 Å². The van der Waals surface area contributed by atoms with Crippen molar-refractivity contribution in [3.8, 4) is 11.8 Å². The molecule has 0 aliphatic heterocycles. The topological polar surface area (TPSA) is 59.0 Å². The van der Waals surface area contributed by atoms with E-state index in [0.29, 0.717) is 0 Å². The molecule has 0 unspecified atom stereocenters. The molecule has 2 N–H and O–H groups in total. The van der Waals surface area contributed by atoms with Gasteiger partial charge in [0.1, 0.15) is 6.61 Å². The Morgan fingerprint density at radius 3 is 2.27 bits per heavy atom. The van der Waals surface area contributed by atoms with Gasteiger partial charge in [0.05, 0.1) is 11.6 Å². The first kappa shape index (κ1) is 13.6. The zero-order valence-corrected chi connectivity index (χ0v) is 8.48. The molecule has 0 aliphatic carbocycles. The molecule has 0 heterocycles. The molecule has 0 radical (unpaired) electrons. The molecule has 0 bridgehead atoms. The number of hydrogen-bond donors (Lipinski definition) is 1. The van der Waals surface area contributed by atoms with Crippen LogP contribution in [0.25, 0.3) is 0 Å². The van der Waals surface area contributed by atoms with Gasteiger partial charge >= 0.3 is 0 Å². The predicted octanol–water partition coefficient (Wildman–Crippen LogP) is 1.60. The molecule has 0 saturated carbocycles. The Morgan fingerprint density at radius 1 is 1.33 bits per heavy atom. The van der Waals surface area contributed by atoms with E-state index in [0.717, 1.165) is 12.1 Å². The highest BCUT2D eigenvalue weighted by Gasteiger charge is 2.11. The van der Waals surface area contributed by atoms with E-state index in [1.165, 1.54) is 0 Å². The molecule has 3 nitrogen and oxygen atoms in total. The molecule has 82 valence electrons. The van der Waals surface area contributed by atoms with Crippen molar-refractivity contribution in [3.63, 3.8) is 0 Å². The lowest BCUT2D eigenvalue weighted by molar-refractivity contribution is 0.293. The smallest absolute Gasteiger partial charge is 0.190 e. The van der Waals surface area contributed by atoms with E-state index in [1.807, 2.05) is 0 Å². The van der Waals surface area contributed by atoms with Crippen molar-refractivity contribution in [2.45, 2.75) is 0 Å². The summed E-state index contributed by atoms with van der Waals surface area (Å²) in [5.74, 6) is -2.28. The number of hydrogen-bond acceptors (Lipinski definition) is 3. The van der Waals surface area contributed by atoms with Crippen molar-refractivity contribution in [1.29, 1.82) is 5.26 Å². The fourth-order valence-electron chi connectivity index (χ4n) is 0.923. The third-order valence-corrected chi connectivity index (χ3v) is 1.49. The van der Waals surface area contributed by atoms with Crippen LogP contribution in [0.1, 0.15) is 5.56 Å². The van der Waals surface area contributed by atoms with E-state index in [2.05, 4.69) is 0 Å². The maximum absolute atomic E-state index is 13.1. The highest BCUT2D eigenvalue weighted by molar-refractivity contribution is 5.85. The molecule has 0 spiro atoms. The van der Waals surface area contributed by atoms with Crippen molar-refractivity contribution in [2.75, 3.05) is 13.2 Å². The van der Waals surface area contributed by atoms with E-state index in [4.69, 9.17) is 15.7 Å². The first-order valence-corrected chi connectivity index (χ1v) is 3.91. The van der Waals surface area contributed by atoms with Crippen LogP contribution >= 0.6 is 12.4 Å². The van der Waals surface area contributed by atoms with Gasteiger partial charge < -0.3 is 10.5 Å². The Kier molecular flexibility index (Phi) is 5.60. The quantitative estimate of drug-likeness (QED) is 0.864. The molecule has 15 heavy (non-hydrogen) atoms. The molecule has 0 saturated heterocycles. The van der Waals surface area contributed by atoms with Gasteiger partial charge in [0, 0.05) is 6.54 Å². The fraction of sp³-hybridized carbons (Fsp3) is 0.222. The SMILES string of the molecule is Cl.N#Cc1cc(F)c(OCCN)c(F)c1. The van der Waals surface area contributed by atoms with Crippen LogP contribution in [0.2, 0.25) is 0 Å². The van der Waals surface area contributed by atoms with Gasteiger partial charge in [-0.15, -0.1) is 12.4 Å². The molecule has 0 fully saturated rings. The molecule has 0 aliphatic rings. The van der Waals surface area contributed by atoms with Crippen molar-refractivity contribution >= 4 is 12.4 Å². The number of halogens is 3. The summed E-state index contributed by atoms with van der Waals surface area (Å²) in [5.41, 5.74) is 5.03. The summed E-state index contributed by atoms with van der Waals surface area (Å²) < 4.78 is 30.9. The fourth-order valence-corrected chi connectivity index (χ4v) is 0.923. The largest absolute Gasteiger partial charge is 0.486 e. The summed E-state index contributed by atoms with van der Waals surface area (Å²) in [6.45, 7) is 0.193. The summed E-state index contributed by atoms with van der Waals surface area (Å²) in [4.78, 5) is 0. The monoisotopic (exact) mass is 234 g/mol. The first-order chi connectivity index (χ1) is 6.69. The van der Waals surface area contributed by atoms with Crippen LogP contribution in [0.4, 0.5) is 8.78 Å². The van der Waals surface area contributed by atoms with Crippen LogP contribution in [-0.2, 0) is 0 Å². The van der Waals surface area contributed by atoms with Crippen LogP contribution < -0.4 is 10.5 Å². The molecule has 1 rings (SSSR count). The van der Waals surface area contributed by atoms with E-state index >= 15 is 0 Å².